The molecule has 100 valence electrons. The largest absolute Gasteiger partial charge is 0.469 e. The number of nitro groups is 1. The van der Waals surface area contributed by atoms with Crippen molar-refractivity contribution in [1.82, 2.24) is 0 Å². The van der Waals surface area contributed by atoms with E-state index in [1.807, 2.05) is 0 Å². The van der Waals surface area contributed by atoms with Gasteiger partial charge in [0.15, 0.2) is 0 Å². The second-order valence-corrected chi connectivity index (χ2v) is 4.21. The van der Waals surface area contributed by atoms with Crippen molar-refractivity contribution in [1.29, 1.82) is 0 Å². The van der Waals surface area contributed by atoms with Crippen molar-refractivity contribution in [3.8, 4) is 0 Å². The van der Waals surface area contributed by atoms with Gasteiger partial charge in [0.25, 0.3) is 0 Å². The molecule has 0 aliphatic rings. The Morgan fingerprint density at radius 3 is 1.94 bits per heavy atom. The summed E-state index contributed by atoms with van der Waals surface area (Å²) >= 11 is 0. The van der Waals surface area contributed by atoms with Crippen molar-refractivity contribution in [2.24, 2.45) is 0 Å². The first kappa shape index (κ1) is 15.9. The number of methoxy groups -OCH3 is 1. The quantitative estimate of drug-likeness (QED) is 0.243. The maximum Gasteiger partial charge on any atom is 0.305 e. The lowest BCUT2D eigenvalue weighted by Crippen LogP contribution is -1.99. The Labute approximate surface area is 103 Å². The molecule has 0 N–H and O–H groups in total. The van der Waals surface area contributed by atoms with Crippen LogP contribution in [0, 0.1) is 10.1 Å². The van der Waals surface area contributed by atoms with Gasteiger partial charge in [0, 0.05) is 17.8 Å². The van der Waals surface area contributed by atoms with Crippen molar-refractivity contribution in [2.75, 3.05) is 13.7 Å². The van der Waals surface area contributed by atoms with Gasteiger partial charge in [-0.1, -0.05) is 32.1 Å². The molecule has 5 heteroatoms. The summed E-state index contributed by atoms with van der Waals surface area (Å²) in [6.45, 7) is 0.0964. The molecule has 0 unspecified atom stereocenters. The minimum Gasteiger partial charge on any atom is -0.469 e. The molecule has 0 atom stereocenters. The lowest BCUT2D eigenvalue weighted by atomic mass is 10.1. The predicted molar refractivity (Wildman–Crippen MR) is 65.4 cm³/mol. The van der Waals surface area contributed by atoms with E-state index in [1.165, 1.54) is 7.11 Å². The lowest BCUT2D eigenvalue weighted by molar-refractivity contribution is -0.480. The monoisotopic (exact) mass is 245 g/mol. The van der Waals surface area contributed by atoms with E-state index in [1.54, 1.807) is 0 Å². The summed E-state index contributed by atoms with van der Waals surface area (Å²) in [4.78, 5) is 20.6. The van der Waals surface area contributed by atoms with Crippen LogP contribution in [0.1, 0.15) is 57.8 Å². The third kappa shape index (κ3) is 12.8. The molecule has 0 aromatic rings. The van der Waals surface area contributed by atoms with E-state index in [2.05, 4.69) is 4.74 Å². The van der Waals surface area contributed by atoms with Crippen molar-refractivity contribution in [3.05, 3.63) is 10.1 Å². The van der Waals surface area contributed by atoms with Gasteiger partial charge in [-0.15, -0.1) is 0 Å². The smallest absolute Gasteiger partial charge is 0.305 e. The van der Waals surface area contributed by atoms with Crippen LogP contribution in [0.25, 0.3) is 0 Å². The van der Waals surface area contributed by atoms with Gasteiger partial charge in [0.05, 0.1) is 7.11 Å². The summed E-state index contributed by atoms with van der Waals surface area (Å²) in [6.07, 6.45) is 8.60. The van der Waals surface area contributed by atoms with Crippen LogP contribution in [0.3, 0.4) is 0 Å². The van der Waals surface area contributed by atoms with Crippen molar-refractivity contribution in [3.63, 3.8) is 0 Å². The zero-order valence-electron chi connectivity index (χ0n) is 10.7. The molecule has 0 rings (SSSR count). The Hall–Kier alpha value is -1.13. The van der Waals surface area contributed by atoms with Gasteiger partial charge < -0.3 is 4.74 Å². The van der Waals surface area contributed by atoms with E-state index in [-0.39, 0.29) is 17.4 Å². The average Bonchev–Trinajstić information content (AvgIpc) is 2.30. The number of hydrogen-bond donors (Lipinski definition) is 0. The van der Waals surface area contributed by atoms with Crippen molar-refractivity contribution < 1.29 is 14.5 Å². The number of ether oxygens (including phenoxy) is 1. The molecular formula is C12H23NO4. The van der Waals surface area contributed by atoms with Gasteiger partial charge in [-0.25, -0.2) is 0 Å². The zero-order chi connectivity index (χ0) is 12.9. The Bertz CT molecular complexity index is 219. The highest BCUT2D eigenvalue weighted by atomic mass is 16.6. The SMILES string of the molecule is COC(=O)CCCCCCCCCC[N+](=O)[O-]. The van der Waals surface area contributed by atoms with Crippen molar-refractivity contribution in [2.45, 2.75) is 57.8 Å². The predicted octanol–water partition coefficient (Wildman–Crippen LogP) is 2.95. The van der Waals surface area contributed by atoms with Crippen LogP contribution in [-0.2, 0) is 9.53 Å². The number of nitrogens with zero attached hydrogens (tertiary/aromatic N) is 1. The number of carbonyl (C=O) groups is 1. The first-order valence-electron chi connectivity index (χ1n) is 6.35. The first-order valence-corrected chi connectivity index (χ1v) is 6.35. The lowest BCUT2D eigenvalue weighted by Gasteiger charge is -2.01. The summed E-state index contributed by atoms with van der Waals surface area (Å²) in [5.74, 6) is -0.134. The molecule has 0 aliphatic carbocycles. The van der Waals surface area contributed by atoms with Crippen LogP contribution in [-0.4, -0.2) is 24.5 Å². The molecular weight excluding hydrogens is 222 g/mol. The van der Waals surface area contributed by atoms with Gasteiger partial charge in [0.1, 0.15) is 0 Å². The number of rotatable bonds is 11. The Morgan fingerprint density at radius 2 is 1.47 bits per heavy atom. The van der Waals surface area contributed by atoms with E-state index in [0.29, 0.717) is 12.8 Å². The highest BCUT2D eigenvalue weighted by Gasteiger charge is 1.99. The summed E-state index contributed by atoms with van der Waals surface area (Å²) in [5.41, 5.74) is 0. The van der Waals surface area contributed by atoms with Crippen LogP contribution < -0.4 is 0 Å². The fraction of sp³-hybridized carbons (Fsp3) is 0.917. The van der Waals surface area contributed by atoms with E-state index in [0.717, 1.165) is 44.9 Å². The Balaban J connectivity index is 3.03. The molecule has 5 nitrogen and oxygen atoms in total. The number of unbranched alkanes of at least 4 members (excludes halogenated alkanes) is 7. The fourth-order valence-electron chi connectivity index (χ4n) is 1.67. The highest BCUT2D eigenvalue weighted by Crippen LogP contribution is 2.09. The molecule has 0 radical (unpaired) electrons. The van der Waals surface area contributed by atoms with Gasteiger partial charge in [-0.2, -0.15) is 0 Å². The average molecular weight is 245 g/mol. The normalized spacial score (nSPS) is 10.2. The fourth-order valence-corrected chi connectivity index (χ4v) is 1.67. The molecule has 0 saturated heterocycles. The third-order valence-electron chi connectivity index (χ3n) is 2.70. The summed E-state index contributed by atoms with van der Waals surface area (Å²) in [7, 11) is 1.41. The van der Waals surface area contributed by atoms with E-state index in [4.69, 9.17) is 0 Å². The van der Waals surface area contributed by atoms with Crippen molar-refractivity contribution >= 4 is 5.97 Å². The van der Waals surface area contributed by atoms with Gasteiger partial charge in [-0.3, -0.25) is 14.9 Å². The second-order valence-electron chi connectivity index (χ2n) is 4.21. The molecule has 0 aromatic heterocycles. The molecule has 0 aliphatic heterocycles. The topological polar surface area (TPSA) is 69.4 Å². The van der Waals surface area contributed by atoms with Gasteiger partial charge in [0.2, 0.25) is 6.54 Å². The first-order chi connectivity index (χ1) is 8.16. The Kier molecular flexibility index (Phi) is 10.6. The van der Waals surface area contributed by atoms with Crippen LogP contribution in [0.15, 0.2) is 0 Å². The molecule has 0 saturated carbocycles. The zero-order valence-corrected chi connectivity index (χ0v) is 10.7. The molecule has 0 aromatic carbocycles. The van der Waals surface area contributed by atoms with Crippen LogP contribution in [0.4, 0.5) is 0 Å². The molecule has 0 heterocycles. The molecule has 0 fully saturated rings. The Morgan fingerprint density at radius 1 is 1.00 bits per heavy atom. The minimum absolute atomic E-state index is 0.0964. The van der Waals surface area contributed by atoms with E-state index in [9.17, 15) is 14.9 Å². The van der Waals surface area contributed by atoms with E-state index >= 15 is 0 Å². The molecule has 0 spiro atoms. The molecule has 0 bridgehead atoms. The maximum absolute atomic E-state index is 10.8. The highest BCUT2D eigenvalue weighted by molar-refractivity contribution is 5.68. The van der Waals surface area contributed by atoms with E-state index < -0.39 is 0 Å². The second kappa shape index (κ2) is 11.4. The van der Waals surface area contributed by atoms with Crippen LogP contribution in [0.2, 0.25) is 0 Å². The number of esters is 1. The standard InChI is InChI=1S/C12H23NO4/c1-17-12(14)10-8-6-4-2-3-5-7-9-11-13(15)16/h2-11H2,1H3. The number of carbonyl (C=O) groups excluding carboxylic acids is 1. The summed E-state index contributed by atoms with van der Waals surface area (Å²) in [5, 5.41) is 10.1. The molecule has 17 heavy (non-hydrogen) atoms. The minimum atomic E-state index is -0.257. The molecule has 0 amide bonds. The summed E-state index contributed by atoms with van der Waals surface area (Å²) < 4.78 is 4.55. The van der Waals surface area contributed by atoms with Crippen LogP contribution in [0.5, 0.6) is 0 Å². The van der Waals surface area contributed by atoms with Gasteiger partial charge in [-0.05, 0) is 12.8 Å². The summed E-state index contributed by atoms with van der Waals surface area (Å²) in [6, 6.07) is 0. The third-order valence-corrected chi connectivity index (χ3v) is 2.70. The number of hydrogen-bond acceptors (Lipinski definition) is 4. The van der Waals surface area contributed by atoms with Gasteiger partial charge >= 0.3 is 5.97 Å². The van der Waals surface area contributed by atoms with Crippen LogP contribution >= 0.6 is 0 Å². The maximum atomic E-state index is 10.8.